The number of carbonyl (C=O) groups is 1. The van der Waals surface area contributed by atoms with Crippen molar-refractivity contribution in [2.45, 2.75) is 82.6 Å². The fourth-order valence-electron chi connectivity index (χ4n) is 6.94. The molecule has 5 aliphatic rings. The van der Waals surface area contributed by atoms with E-state index in [1.807, 2.05) is 0 Å². The highest BCUT2D eigenvalue weighted by molar-refractivity contribution is 8.14. The lowest BCUT2D eigenvalue weighted by Crippen LogP contribution is -2.50. The maximum atomic E-state index is 12.8. The van der Waals surface area contributed by atoms with Gasteiger partial charge in [-0.1, -0.05) is 11.8 Å². The van der Waals surface area contributed by atoms with Gasteiger partial charge in [0.05, 0.1) is 11.1 Å². The highest BCUT2D eigenvalue weighted by Crippen LogP contribution is 2.57. The molecule has 4 nitrogen and oxygen atoms in total. The first-order chi connectivity index (χ1) is 15.6. The van der Waals surface area contributed by atoms with Crippen molar-refractivity contribution in [2.75, 3.05) is 11.1 Å². The molecule has 180 valence electrons. The zero-order chi connectivity index (χ0) is 23.4. The van der Waals surface area contributed by atoms with Crippen molar-refractivity contribution in [2.24, 2.45) is 22.7 Å². The molecule has 1 amide bonds. The lowest BCUT2D eigenvalue weighted by atomic mass is 9.53. The van der Waals surface area contributed by atoms with Gasteiger partial charge in [0, 0.05) is 29.9 Å². The molecule has 6 rings (SSSR count). The van der Waals surface area contributed by atoms with Gasteiger partial charge in [0.25, 0.3) is 0 Å². The molecule has 1 N–H and O–H groups in total. The van der Waals surface area contributed by atoms with Crippen LogP contribution in [0.25, 0.3) is 0 Å². The number of nitrogens with one attached hydrogen (secondary N) is 1. The van der Waals surface area contributed by atoms with Gasteiger partial charge in [-0.3, -0.25) is 9.79 Å². The number of anilines is 1. The number of hydrogen-bond acceptors (Lipinski definition) is 3. The van der Waals surface area contributed by atoms with E-state index in [0.29, 0.717) is 12.1 Å². The first-order valence-electron chi connectivity index (χ1n) is 12.1. The average molecular weight is 480 g/mol. The average Bonchev–Trinajstić information content (AvgIpc) is 3.08. The lowest BCUT2D eigenvalue weighted by Gasteiger charge is -2.55. The Hall–Kier alpha value is -1.70. The van der Waals surface area contributed by atoms with Gasteiger partial charge in [0.2, 0.25) is 5.91 Å². The molecular weight excluding hydrogens is 447 g/mol. The normalized spacial score (nSPS) is 34.5. The van der Waals surface area contributed by atoms with Gasteiger partial charge in [-0.25, -0.2) is 0 Å². The van der Waals surface area contributed by atoms with E-state index in [-0.39, 0.29) is 23.5 Å². The second kappa shape index (κ2) is 8.51. The number of aliphatic imine (C=N–C) groups is 1. The Labute approximate surface area is 197 Å². The summed E-state index contributed by atoms with van der Waals surface area (Å²) in [6.07, 6.45) is 3.73. The second-order valence-corrected chi connectivity index (χ2v) is 11.8. The van der Waals surface area contributed by atoms with Crippen LogP contribution in [0.2, 0.25) is 0 Å². The maximum absolute atomic E-state index is 12.8. The summed E-state index contributed by atoms with van der Waals surface area (Å²) in [7, 11) is 0. The summed E-state index contributed by atoms with van der Waals surface area (Å²) < 4.78 is 38.3. The Bertz CT molecular complexity index is 893. The molecule has 4 bridgehead atoms. The molecule has 1 aromatic carbocycles. The summed E-state index contributed by atoms with van der Waals surface area (Å²) in [4.78, 5) is 20.4. The molecular formula is C25H32F3N3OS. The molecule has 1 unspecified atom stereocenters. The van der Waals surface area contributed by atoms with E-state index in [1.165, 1.54) is 50.7 Å². The van der Waals surface area contributed by atoms with Gasteiger partial charge in [-0.05, 0) is 94.4 Å². The number of amides is 1. The Morgan fingerprint density at radius 1 is 1.12 bits per heavy atom. The number of alkyl halides is 3. The summed E-state index contributed by atoms with van der Waals surface area (Å²) in [5.41, 5.74) is -0.233. The number of carbonyl (C=O) groups excluding carboxylic acids is 1. The molecule has 4 saturated carbocycles. The van der Waals surface area contributed by atoms with Crippen LogP contribution in [0.1, 0.15) is 64.4 Å². The number of benzene rings is 1. The molecule has 0 spiro atoms. The number of amidine groups is 1. The topological polar surface area (TPSA) is 44.7 Å². The van der Waals surface area contributed by atoms with Gasteiger partial charge in [-0.2, -0.15) is 13.2 Å². The number of halogens is 3. The highest BCUT2D eigenvalue weighted by Gasteiger charge is 2.51. The highest BCUT2D eigenvalue weighted by atomic mass is 32.2. The Balaban J connectivity index is 1.26. The molecule has 1 aromatic rings. The fraction of sp³-hybridized carbons (Fsp3) is 0.680. The van der Waals surface area contributed by atoms with E-state index in [4.69, 9.17) is 4.99 Å². The molecule has 33 heavy (non-hydrogen) atoms. The van der Waals surface area contributed by atoms with Crippen LogP contribution in [0.3, 0.4) is 0 Å². The standard InChI is InChI=1S/C25H32F3N3OS/c1-15(2)31-21(10-22(32)29-20-5-3-19(4-6-20)25(26,27)28)14-33-23(31)30-24-11-16-7-17(12-24)9-18(8-16)13-24/h3-6,15-18,21H,7-14H2,1-2H3,(H,29,32). The zero-order valence-corrected chi connectivity index (χ0v) is 20.0. The molecule has 4 aliphatic carbocycles. The molecule has 0 radical (unpaired) electrons. The molecule has 1 heterocycles. The van der Waals surface area contributed by atoms with Crippen LogP contribution in [-0.2, 0) is 11.0 Å². The van der Waals surface area contributed by atoms with Gasteiger partial charge in [0.1, 0.15) is 0 Å². The minimum atomic E-state index is -4.38. The van der Waals surface area contributed by atoms with Crippen molar-refractivity contribution < 1.29 is 18.0 Å². The molecule has 1 aliphatic heterocycles. The Morgan fingerprint density at radius 3 is 2.21 bits per heavy atom. The zero-order valence-electron chi connectivity index (χ0n) is 19.2. The third-order valence-electron chi connectivity index (χ3n) is 7.83. The van der Waals surface area contributed by atoms with Crippen LogP contribution >= 0.6 is 11.8 Å². The first-order valence-corrected chi connectivity index (χ1v) is 13.1. The summed E-state index contributed by atoms with van der Waals surface area (Å²) in [5.74, 6) is 3.14. The molecule has 1 atom stereocenters. The lowest BCUT2D eigenvalue weighted by molar-refractivity contribution is -0.137. The quantitative estimate of drug-likeness (QED) is 0.548. The Morgan fingerprint density at radius 2 is 1.70 bits per heavy atom. The van der Waals surface area contributed by atoms with Gasteiger partial charge in [0.15, 0.2) is 5.17 Å². The number of thioether (sulfide) groups is 1. The van der Waals surface area contributed by atoms with Crippen LogP contribution in [0.4, 0.5) is 18.9 Å². The van der Waals surface area contributed by atoms with Crippen molar-refractivity contribution in [3.8, 4) is 0 Å². The number of rotatable bonds is 5. The molecule has 0 aromatic heterocycles. The van der Waals surface area contributed by atoms with Gasteiger partial charge >= 0.3 is 6.18 Å². The van der Waals surface area contributed by atoms with E-state index < -0.39 is 11.7 Å². The molecule has 1 saturated heterocycles. The predicted octanol–water partition coefficient (Wildman–Crippen LogP) is 6.18. The second-order valence-electron chi connectivity index (χ2n) is 10.8. The number of nitrogens with zero attached hydrogens (tertiary/aromatic N) is 2. The maximum Gasteiger partial charge on any atom is 0.416 e. The van der Waals surface area contributed by atoms with Crippen LogP contribution in [0.15, 0.2) is 29.3 Å². The first kappa shape index (κ1) is 23.1. The van der Waals surface area contributed by atoms with Crippen molar-refractivity contribution in [1.82, 2.24) is 4.90 Å². The minimum Gasteiger partial charge on any atom is -0.345 e. The van der Waals surface area contributed by atoms with Crippen molar-refractivity contribution >= 4 is 28.5 Å². The van der Waals surface area contributed by atoms with Crippen LogP contribution in [0, 0.1) is 17.8 Å². The van der Waals surface area contributed by atoms with Crippen LogP contribution in [0.5, 0.6) is 0 Å². The van der Waals surface area contributed by atoms with Gasteiger partial charge in [-0.15, -0.1) is 0 Å². The van der Waals surface area contributed by atoms with Crippen molar-refractivity contribution in [1.29, 1.82) is 0 Å². The molecule has 8 heteroatoms. The summed E-state index contributed by atoms with van der Waals surface area (Å²) in [5, 5.41) is 3.85. The largest absolute Gasteiger partial charge is 0.416 e. The third-order valence-corrected chi connectivity index (χ3v) is 8.94. The van der Waals surface area contributed by atoms with E-state index in [2.05, 4.69) is 24.1 Å². The van der Waals surface area contributed by atoms with E-state index in [0.717, 1.165) is 40.8 Å². The molecule has 5 fully saturated rings. The van der Waals surface area contributed by atoms with Gasteiger partial charge < -0.3 is 10.2 Å². The van der Waals surface area contributed by atoms with Crippen LogP contribution < -0.4 is 5.32 Å². The third kappa shape index (κ3) is 4.77. The smallest absolute Gasteiger partial charge is 0.345 e. The predicted molar refractivity (Wildman–Crippen MR) is 126 cm³/mol. The van der Waals surface area contributed by atoms with E-state index >= 15 is 0 Å². The fourth-order valence-corrected chi connectivity index (χ4v) is 8.33. The van der Waals surface area contributed by atoms with E-state index in [9.17, 15) is 18.0 Å². The monoisotopic (exact) mass is 479 g/mol. The summed E-state index contributed by atoms with van der Waals surface area (Å²) in [6, 6.07) is 4.89. The SMILES string of the molecule is CC(C)N1C(=NC23CC4CC(CC(C4)C2)C3)SCC1CC(=O)Nc1ccc(C(F)(F)F)cc1. The Kier molecular flexibility index (Phi) is 5.94. The van der Waals surface area contributed by atoms with Crippen LogP contribution in [-0.4, -0.2) is 39.4 Å². The van der Waals surface area contributed by atoms with Crippen molar-refractivity contribution in [3.05, 3.63) is 29.8 Å². The van der Waals surface area contributed by atoms with E-state index in [1.54, 1.807) is 11.8 Å². The van der Waals surface area contributed by atoms with Crippen molar-refractivity contribution in [3.63, 3.8) is 0 Å². The summed E-state index contributed by atoms with van der Waals surface area (Å²) >= 11 is 1.76. The minimum absolute atomic E-state index is 0.0390. The number of hydrogen-bond donors (Lipinski definition) is 1. The summed E-state index contributed by atoms with van der Waals surface area (Å²) in [6.45, 7) is 4.28.